The summed E-state index contributed by atoms with van der Waals surface area (Å²) in [5.41, 5.74) is -0.561. The first-order valence-corrected chi connectivity index (χ1v) is 12.7. The molecule has 1 aromatic carbocycles. The molecule has 3 amide bonds. The molecule has 208 valence electrons. The summed E-state index contributed by atoms with van der Waals surface area (Å²) >= 11 is 0. The number of para-hydroxylation sites is 1. The van der Waals surface area contributed by atoms with Crippen molar-refractivity contribution in [1.82, 2.24) is 15.5 Å². The zero-order chi connectivity index (χ0) is 28.2. The molecule has 0 spiro atoms. The van der Waals surface area contributed by atoms with Crippen LogP contribution in [0.5, 0.6) is 5.75 Å². The maximum Gasteiger partial charge on any atom is 0.408 e. The van der Waals surface area contributed by atoms with E-state index in [0.717, 1.165) is 19.3 Å². The highest BCUT2D eigenvalue weighted by Crippen LogP contribution is 2.30. The lowest BCUT2D eigenvalue weighted by Crippen LogP contribution is -2.55. The van der Waals surface area contributed by atoms with Crippen molar-refractivity contribution >= 4 is 23.9 Å². The van der Waals surface area contributed by atoms with Gasteiger partial charge in [-0.25, -0.2) is 4.79 Å². The van der Waals surface area contributed by atoms with E-state index in [1.165, 1.54) is 18.1 Å². The number of hydrogen-bond acceptors (Lipinski definition) is 7. The van der Waals surface area contributed by atoms with E-state index in [1.807, 2.05) is 0 Å². The van der Waals surface area contributed by atoms with E-state index in [1.54, 1.807) is 52.8 Å². The zero-order valence-electron chi connectivity index (χ0n) is 23.1. The van der Waals surface area contributed by atoms with Crippen LogP contribution in [0.25, 0.3) is 0 Å². The van der Waals surface area contributed by atoms with Crippen LogP contribution in [0.1, 0.15) is 78.8 Å². The van der Waals surface area contributed by atoms with Gasteiger partial charge in [-0.05, 0) is 39.2 Å². The van der Waals surface area contributed by atoms with Gasteiger partial charge in [0.15, 0.2) is 0 Å². The molecule has 0 aliphatic heterocycles. The number of hydrogen-bond donors (Lipinski definition) is 3. The fraction of sp³-hybridized carbons (Fsp3) is 0.630. The normalized spacial score (nSPS) is 12.9. The number of methoxy groups -OCH3 is 1. The summed E-state index contributed by atoms with van der Waals surface area (Å²) < 4.78 is 9.98. The van der Waals surface area contributed by atoms with Crippen molar-refractivity contribution in [3.8, 4) is 5.75 Å². The van der Waals surface area contributed by atoms with Gasteiger partial charge in [0, 0.05) is 12.1 Å². The SMILES string of the molecule is CCCCCCN(C(=O)C(NC(=O)OC(C)(C)C)C(C)C)C(C(=O)NCC(=O)OC)c1ccccc1O. The Morgan fingerprint density at radius 1 is 1.05 bits per heavy atom. The molecule has 0 saturated heterocycles. The minimum atomic E-state index is -1.25. The largest absolute Gasteiger partial charge is 0.508 e. The van der Waals surface area contributed by atoms with Crippen molar-refractivity contribution in [1.29, 1.82) is 0 Å². The first-order valence-electron chi connectivity index (χ1n) is 12.7. The second kappa shape index (κ2) is 15.1. The van der Waals surface area contributed by atoms with Gasteiger partial charge in [0.25, 0.3) is 0 Å². The Balaban J connectivity index is 3.47. The van der Waals surface area contributed by atoms with Crippen LogP contribution in [0.3, 0.4) is 0 Å². The summed E-state index contributed by atoms with van der Waals surface area (Å²) in [7, 11) is 1.20. The van der Waals surface area contributed by atoms with Crippen molar-refractivity contribution in [2.24, 2.45) is 5.92 Å². The molecule has 10 heteroatoms. The van der Waals surface area contributed by atoms with Crippen molar-refractivity contribution in [2.75, 3.05) is 20.2 Å². The number of unbranched alkanes of at least 4 members (excludes halogenated alkanes) is 3. The molecule has 2 atom stereocenters. The lowest BCUT2D eigenvalue weighted by molar-refractivity contribution is -0.145. The molecule has 0 heterocycles. The molecule has 0 fully saturated rings. The van der Waals surface area contributed by atoms with Crippen LogP contribution in [0.4, 0.5) is 4.79 Å². The van der Waals surface area contributed by atoms with Crippen LogP contribution in [-0.4, -0.2) is 65.7 Å². The Morgan fingerprint density at radius 3 is 2.24 bits per heavy atom. The van der Waals surface area contributed by atoms with E-state index in [-0.39, 0.29) is 23.8 Å². The lowest BCUT2D eigenvalue weighted by atomic mass is 9.97. The van der Waals surface area contributed by atoms with Crippen molar-refractivity contribution < 1.29 is 33.8 Å². The second-order valence-electron chi connectivity index (χ2n) is 10.2. The molecule has 0 bridgehead atoms. The van der Waals surface area contributed by atoms with Gasteiger partial charge in [-0.2, -0.15) is 0 Å². The predicted molar refractivity (Wildman–Crippen MR) is 140 cm³/mol. The quantitative estimate of drug-likeness (QED) is 0.266. The number of nitrogens with zero attached hydrogens (tertiary/aromatic N) is 1. The number of ether oxygens (including phenoxy) is 2. The minimum absolute atomic E-state index is 0.173. The summed E-state index contributed by atoms with van der Waals surface area (Å²) in [5, 5.41) is 15.8. The molecule has 1 aromatic rings. The number of phenols is 1. The van der Waals surface area contributed by atoms with Crippen LogP contribution in [0.2, 0.25) is 0 Å². The number of nitrogens with one attached hydrogen (secondary N) is 2. The number of amides is 3. The van der Waals surface area contributed by atoms with Crippen molar-refractivity contribution in [3.05, 3.63) is 29.8 Å². The Kier molecular flexibility index (Phi) is 12.9. The van der Waals surface area contributed by atoms with Crippen LogP contribution in [0, 0.1) is 5.92 Å². The molecule has 0 radical (unpaired) electrons. The third-order valence-electron chi connectivity index (χ3n) is 5.57. The Bertz CT molecular complexity index is 912. The molecule has 0 aliphatic rings. The summed E-state index contributed by atoms with van der Waals surface area (Å²) in [5.74, 6) is -2.32. The molecular formula is C27H43N3O7. The van der Waals surface area contributed by atoms with Crippen LogP contribution in [0.15, 0.2) is 24.3 Å². The van der Waals surface area contributed by atoms with E-state index in [4.69, 9.17) is 4.74 Å². The van der Waals surface area contributed by atoms with Gasteiger partial charge in [0.05, 0.1) is 7.11 Å². The van der Waals surface area contributed by atoms with Gasteiger partial charge in [-0.15, -0.1) is 0 Å². The summed E-state index contributed by atoms with van der Waals surface area (Å²) in [6, 6.07) is 3.99. The van der Waals surface area contributed by atoms with Crippen LogP contribution < -0.4 is 10.6 Å². The number of carbonyl (C=O) groups is 4. The first kappa shape index (κ1) is 31.7. The number of benzene rings is 1. The molecule has 0 aromatic heterocycles. The second-order valence-corrected chi connectivity index (χ2v) is 10.2. The molecule has 2 unspecified atom stereocenters. The van der Waals surface area contributed by atoms with Crippen LogP contribution in [-0.2, 0) is 23.9 Å². The highest BCUT2D eigenvalue weighted by atomic mass is 16.6. The monoisotopic (exact) mass is 521 g/mol. The van der Waals surface area contributed by atoms with Gasteiger partial charge in [0.1, 0.15) is 30.0 Å². The van der Waals surface area contributed by atoms with Crippen molar-refractivity contribution in [2.45, 2.75) is 84.9 Å². The number of esters is 1. The Hall–Kier alpha value is -3.30. The number of carbonyl (C=O) groups excluding carboxylic acids is 4. The number of alkyl carbamates (subject to hydrolysis) is 1. The minimum Gasteiger partial charge on any atom is -0.508 e. The van der Waals surface area contributed by atoms with E-state index >= 15 is 0 Å². The van der Waals surface area contributed by atoms with Crippen LogP contribution >= 0.6 is 0 Å². The van der Waals surface area contributed by atoms with Gasteiger partial charge >= 0.3 is 12.1 Å². The summed E-state index contributed by atoms with van der Waals surface area (Å²) in [6.45, 7) is 10.6. The summed E-state index contributed by atoms with van der Waals surface area (Å²) in [4.78, 5) is 53.0. The third kappa shape index (κ3) is 10.7. The Labute approximate surface area is 220 Å². The number of phenolic OH excluding ortho intramolecular Hbond substituents is 1. The molecule has 1 rings (SSSR count). The van der Waals surface area contributed by atoms with E-state index in [9.17, 15) is 24.3 Å². The molecule has 10 nitrogen and oxygen atoms in total. The highest BCUT2D eigenvalue weighted by Gasteiger charge is 2.38. The standard InChI is InChI=1S/C27H43N3O7/c1-8-9-10-13-16-30(25(34)22(18(2)3)29-26(35)37-27(4,5)6)23(19-14-11-12-15-20(19)31)24(33)28-17-21(32)36-7/h11-12,14-15,18,22-23,31H,8-10,13,16-17H2,1-7H3,(H,28,33)(H,29,35). The smallest absolute Gasteiger partial charge is 0.408 e. The molecule has 3 N–H and O–H groups in total. The maximum atomic E-state index is 14.0. The summed E-state index contributed by atoms with van der Waals surface area (Å²) in [6.07, 6.45) is 2.60. The molecule has 0 aliphatic carbocycles. The van der Waals surface area contributed by atoms with Gasteiger partial charge in [-0.3, -0.25) is 14.4 Å². The van der Waals surface area contributed by atoms with Gasteiger partial charge < -0.3 is 30.1 Å². The van der Waals surface area contributed by atoms with Crippen molar-refractivity contribution in [3.63, 3.8) is 0 Å². The van der Waals surface area contributed by atoms with Gasteiger partial charge in [-0.1, -0.05) is 58.2 Å². The number of rotatable bonds is 13. The van der Waals surface area contributed by atoms with E-state index in [0.29, 0.717) is 6.42 Å². The fourth-order valence-electron chi connectivity index (χ4n) is 3.70. The molecular weight excluding hydrogens is 478 g/mol. The van der Waals surface area contributed by atoms with E-state index < -0.39 is 48.1 Å². The fourth-order valence-corrected chi connectivity index (χ4v) is 3.70. The molecule has 0 saturated carbocycles. The highest BCUT2D eigenvalue weighted by molar-refractivity contribution is 5.93. The maximum absolute atomic E-state index is 14.0. The first-order chi connectivity index (χ1) is 17.3. The average molecular weight is 522 g/mol. The average Bonchev–Trinajstić information content (AvgIpc) is 2.81. The molecule has 37 heavy (non-hydrogen) atoms. The van der Waals surface area contributed by atoms with E-state index in [2.05, 4.69) is 22.3 Å². The predicted octanol–water partition coefficient (Wildman–Crippen LogP) is 3.68. The van der Waals surface area contributed by atoms with Gasteiger partial charge in [0.2, 0.25) is 11.8 Å². The zero-order valence-corrected chi connectivity index (χ0v) is 23.1. The third-order valence-corrected chi connectivity index (χ3v) is 5.57. The Morgan fingerprint density at radius 2 is 1.70 bits per heavy atom. The lowest BCUT2D eigenvalue weighted by Gasteiger charge is -2.35. The topological polar surface area (TPSA) is 134 Å². The number of aromatic hydroxyl groups is 1.